The van der Waals surface area contributed by atoms with E-state index in [2.05, 4.69) is 205 Å². The topological polar surface area (TPSA) is 733 Å². The molecular weight excluding hydrogens is 1740 g/mol. The van der Waals surface area contributed by atoms with Gasteiger partial charge in [0.15, 0.2) is 37.2 Å². The van der Waals surface area contributed by atoms with Gasteiger partial charge in [0.2, 0.25) is 33.1 Å². The monoisotopic (exact) mass is 1810 g/mol. The summed E-state index contributed by atoms with van der Waals surface area (Å²) in [6.07, 6.45) is 22.5. The van der Waals surface area contributed by atoms with Crippen LogP contribution in [0.25, 0.3) is 131 Å². The van der Waals surface area contributed by atoms with Gasteiger partial charge in [0, 0.05) is 188 Å². The second kappa shape index (κ2) is 52.8. The van der Waals surface area contributed by atoms with Gasteiger partial charge in [-0.25, -0.2) is 91.1 Å². The molecule has 0 aliphatic heterocycles. The molecule has 49 heteroatoms. The number of fused-ring (bicyclic) bond motifs is 18. The molecule has 15 N–H and O–H groups in total. The van der Waals surface area contributed by atoms with Crippen LogP contribution in [-0.2, 0) is 0 Å². The van der Waals surface area contributed by atoms with Gasteiger partial charge in [-0.05, 0) is 109 Å². The molecular formula is C72H63EuN21O27+6. The number of aromatic nitrogens is 12. The first-order valence-corrected chi connectivity index (χ1v) is 32.6. The van der Waals surface area contributed by atoms with E-state index >= 15 is 0 Å². The predicted octanol–water partition coefficient (Wildman–Crippen LogP) is 10.1. The summed E-state index contributed by atoms with van der Waals surface area (Å²) in [4.78, 5) is 121. The summed E-state index contributed by atoms with van der Waals surface area (Å²) >= 11 is 0. The molecule has 0 aliphatic rings. The van der Waals surface area contributed by atoms with Crippen LogP contribution in [0.1, 0.15) is 0 Å². The van der Waals surface area contributed by atoms with Crippen LogP contribution in [0.5, 0.6) is 0 Å². The van der Waals surface area contributed by atoms with Crippen molar-refractivity contribution in [1.29, 1.82) is 0 Å². The normalized spacial score (nSPS) is 9.32. The van der Waals surface area contributed by atoms with E-state index in [0.29, 0.717) is 0 Å². The molecule has 12 aromatic heterocycles. The standard InChI is InChI=1S/6C12H8N2.Eu.3H2NO3.3HNO3.3NO3/c6*1-3-9-5-6-10-4-2-8-14-12(10)11(9)13-7-1;;9*2-1(3)4/h6*1-8H;;3*(H2,2,3,4);3*(H,2,3,4);;;/q;;;;;;;3*+1;;;;3*-1/p+6. The van der Waals surface area contributed by atoms with Crippen LogP contribution in [0.3, 0.4) is 0 Å². The Morgan fingerprint density at radius 1 is 0.198 bits per heavy atom. The zero-order valence-electron chi connectivity index (χ0n) is 61.2. The smallest absolute Gasteiger partial charge is 0.356 e. The Hall–Kier alpha value is -17.4. The van der Waals surface area contributed by atoms with Crippen molar-refractivity contribution >= 4 is 131 Å². The third-order valence-electron chi connectivity index (χ3n) is 14.4. The third kappa shape index (κ3) is 36.5. The average Bonchev–Trinajstić information content (AvgIpc) is 0.837. The van der Waals surface area contributed by atoms with Crippen molar-refractivity contribution < 1.29 is 172 Å². The van der Waals surface area contributed by atoms with Crippen molar-refractivity contribution in [2.45, 2.75) is 0 Å². The molecule has 1 radical (unpaired) electrons. The van der Waals surface area contributed by atoms with E-state index in [1.807, 2.05) is 147 Å². The first-order chi connectivity index (χ1) is 57.3. The number of H-pyrrole nitrogens is 6. The van der Waals surface area contributed by atoms with Gasteiger partial charge >= 0.3 is 15.3 Å². The number of nitrogens with one attached hydrogen (secondary N) is 6. The van der Waals surface area contributed by atoms with Crippen molar-refractivity contribution in [3.05, 3.63) is 384 Å². The molecule has 0 saturated carbocycles. The molecule has 0 amide bonds. The molecule has 0 bridgehead atoms. The summed E-state index contributed by atoms with van der Waals surface area (Å²) in [7, 11) is 0. The second-order valence-corrected chi connectivity index (χ2v) is 21.8. The summed E-state index contributed by atoms with van der Waals surface area (Å²) in [6, 6.07) is 73.9. The molecule has 6 aromatic carbocycles. The molecule has 0 fully saturated rings. The maximum Gasteiger partial charge on any atom is 0.472 e. The van der Waals surface area contributed by atoms with Gasteiger partial charge in [-0.15, -0.1) is 30.3 Å². The quantitative estimate of drug-likeness (QED) is 0.0387. The van der Waals surface area contributed by atoms with Crippen LogP contribution in [0.2, 0.25) is 0 Å². The summed E-state index contributed by atoms with van der Waals surface area (Å²) < 4.78 is 0. The first kappa shape index (κ1) is 97.8. The Kier molecular flexibility index (Phi) is 42.7. The summed E-state index contributed by atoms with van der Waals surface area (Å²) in [5.41, 5.74) is 12.8. The number of hydrogen-bond acceptors (Lipinski definition) is 24. The second-order valence-electron chi connectivity index (χ2n) is 21.8. The van der Waals surface area contributed by atoms with Crippen molar-refractivity contribution in [2.24, 2.45) is 0 Å². The van der Waals surface area contributed by atoms with Crippen LogP contribution in [0.4, 0.5) is 0 Å². The number of rotatable bonds is 0. The maximum absolute atomic E-state index is 8.47. The minimum atomic E-state index is -1.75. The summed E-state index contributed by atoms with van der Waals surface area (Å²) in [6.45, 7) is 0. The number of pyridine rings is 12. The van der Waals surface area contributed by atoms with Crippen LogP contribution in [0.15, 0.2) is 293 Å². The zero-order chi connectivity index (χ0) is 88.5. The predicted molar refractivity (Wildman–Crippen MR) is 414 cm³/mol. The van der Waals surface area contributed by atoms with E-state index in [1.165, 1.54) is 64.6 Å². The van der Waals surface area contributed by atoms with Gasteiger partial charge in [0.05, 0.1) is 15.3 Å². The molecule has 121 heavy (non-hydrogen) atoms. The van der Waals surface area contributed by atoms with Gasteiger partial charge in [0.25, 0.3) is 15.3 Å². The molecule has 0 spiro atoms. The summed E-state index contributed by atoms with van der Waals surface area (Å²) in [5.74, 6) is 0. The van der Waals surface area contributed by atoms with Gasteiger partial charge in [-0.1, -0.05) is 72.8 Å². The SMILES string of the molecule is O=[N+](O)O.O=[N+](O)O.O=[N+](O)O.O=[N+]([O-])O.O=[N+]([O-])O.O=[N+]([O-])O.O=[N+]([O-])[O-].O=[N+]([O-])[O-].O=[N+]([O-])[O-].[Eu].c1cnc2c(c1)ccc1ccc[nH+]c12.c1cnc2c(c1)ccc1ccc[nH+]c12.c1cnc2c(c1)ccc1ccc[nH+]c12.c1cnc2c(c1)ccc1ccc[nH+]c12.c1cnc2c(c1)ccc1ccc[nH+]c12.c1cnc2c(c1)ccc1ccc[nH+]c12. The Morgan fingerprint density at radius 2 is 0.298 bits per heavy atom. The fraction of sp³-hybridized carbons (Fsp3) is 0. The van der Waals surface area contributed by atoms with E-state index in [1.54, 1.807) is 0 Å². The van der Waals surface area contributed by atoms with E-state index in [4.69, 9.17) is 138 Å². The number of aromatic amines is 6. The van der Waals surface area contributed by atoms with Crippen LogP contribution < -0.4 is 29.9 Å². The number of nitrogens with zero attached hydrogens (tertiary/aromatic N) is 15. The van der Waals surface area contributed by atoms with E-state index < -0.39 is 45.8 Å². The van der Waals surface area contributed by atoms with Crippen LogP contribution in [-0.4, -0.2) is 123 Å². The minimum Gasteiger partial charge on any atom is -0.356 e. The fourth-order valence-electron chi connectivity index (χ4n) is 10.4. The third-order valence-corrected chi connectivity index (χ3v) is 14.4. The molecule has 0 saturated heterocycles. The Morgan fingerprint density at radius 3 is 0.413 bits per heavy atom. The average molecular weight is 1810 g/mol. The minimum absolute atomic E-state index is 0. The van der Waals surface area contributed by atoms with E-state index in [0.717, 1.165) is 66.2 Å². The largest absolute Gasteiger partial charge is 0.472 e. The van der Waals surface area contributed by atoms with Crippen molar-refractivity contribution in [3.63, 3.8) is 0 Å². The molecule has 619 valence electrons. The molecule has 18 rings (SSSR count). The van der Waals surface area contributed by atoms with Crippen molar-refractivity contribution in [2.75, 3.05) is 0 Å². The van der Waals surface area contributed by atoms with Crippen LogP contribution in [0, 0.1) is 140 Å². The summed E-state index contributed by atoms with van der Waals surface area (Å²) in [5, 5.41) is 137. The van der Waals surface area contributed by atoms with Crippen molar-refractivity contribution in [3.8, 4) is 0 Å². The van der Waals surface area contributed by atoms with Gasteiger partial charge < -0.3 is 61.6 Å². The van der Waals surface area contributed by atoms with Gasteiger partial charge in [-0.3, -0.25) is 0 Å². The first-order valence-electron chi connectivity index (χ1n) is 32.6. The van der Waals surface area contributed by atoms with Gasteiger partial charge in [0.1, 0.15) is 47.8 Å². The Balaban J connectivity index is 0.000000347. The molecule has 0 unspecified atom stereocenters. The van der Waals surface area contributed by atoms with Gasteiger partial charge in [-0.2, -0.15) is 0 Å². The fourth-order valence-corrected chi connectivity index (χ4v) is 10.4. The molecule has 0 aliphatic carbocycles. The van der Waals surface area contributed by atoms with E-state index in [9.17, 15) is 0 Å². The maximum atomic E-state index is 8.47. The number of benzene rings is 6. The molecule has 48 nitrogen and oxygen atoms in total. The Bertz CT molecular complexity index is 5100. The molecule has 0 atom stereocenters. The van der Waals surface area contributed by atoms with Crippen LogP contribution >= 0.6 is 0 Å². The van der Waals surface area contributed by atoms with E-state index in [-0.39, 0.29) is 49.4 Å². The molecule has 18 aromatic rings. The molecule has 12 heterocycles. The van der Waals surface area contributed by atoms with Crippen molar-refractivity contribution in [1.82, 2.24) is 29.9 Å². The zero-order valence-corrected chi connectivity index (χ0v) is 63.6. The Labute approximate surface area is 711 Å². The number of hydrogen-bond donors (Lipinski definition) is 9.